The van der Waals surface area contributed by atoms with Gasteiger partial charge in [-0.3, -0.25) is 0 Å². The quantitative estimate of drug-likeness (QED) is 0.159. The van der Waals surface area contributed by atoms with Gasteiger partial charge in [-0.25, -0.2) is 0 Å². The van der Waals surface area contributed by atoms with Crippen LogP contribution in [0.15, 0.2) is 170 Å². The number of nitrogens with zero attached hydrogens (tertiary/aromatic N) is 2. The van der Waals surface area contributed by atoms with Crippen molar-refractivity contribution in [2.45, 2.75) is 19.3 Å². The molecule has 0 aliphatic heterocycles. The lowest BCUT2D eigenvalue weighted by atomic mass is 9.96. The highest BCUT2D eigenvalue weighted by molar-refractivity contribution is 6.04. The Hall–Kier alpha value is -6.82. The van der Waals surface area contributed by atoms with Gasteiger partial charge in [0.05, 0.1) is 28.1 Å². The maximum absolute atomic E-state index is 3.63. The fourth-order valence-corrected chi connectivity index (χ4v) is 8.29. The first-order valence-electron chi connectivity index (χ1n) is 18.5. The van der Waals surface area contributed by atoms with Crippen molar-refractivity contribution in [1.29, 1.82) is 0 Å². The first-order valence-corrected chi connectivity index (χ1v) is 18.5. The molecule has 0 spiro atoms. The van der Waals surface area contributed by atoms with Crippen LogP contribution in [0.4, 0.5) is 11.4 Å². The van der Waals surface area contributed by atoms with E-state index in [1.807, 2.05) is 0 Å². The van der Waals surface area contributed by atoms with E-state index in [1.165, 1.54) is 65.9 Å². The van der Waals surface area contributed by atoms with E-state index in [0.29, 0.717) is 6.42 Å². The van der Waals surface area contributed by atoms with Gasteiger partial charge in [0.1, 0.15) is 0 Å². The van der Waals surface area contributed by atoms with Gasteiger partial charge < -0.3 is 9.47 Å². The molecule has 53 heavy (non-hydrogen) atoms. The molecule has 2 heteroatoms. The van der Waals surface area contributed by atoms with E-state index in [4.69, 9.17) is 0 Å². The van der Waals surface area contributed by atoms with Gasteiger partial charge in [0.15, 0.2) is 0 Å². The molecule has 0 saturated heterocycles. The van der Waals surface area contributed by atoms with Crippen LogP contribution < -0.4 is 15.3 Å². The van der Waals surface area contributed by atoms with Gasteiger partial charge in [0, 0.05) is 39.4 Å². The number of aromatic nitrogens is 1. The van der Waals surface area contributed by atoms with Crippen LogP contribution in [0.1, 0.15) is 36.1 Å². The monoisotopic (exact) mass is 676 g/mol. The third kappa shape index (κ3) is 5.38. The van der Waals surface area contributed by atoms with Crippen LogP contribution >= 0.6 is 0 Å². The SMILES string of the molecule is C1#Cc2c(n(-c3ccc(-c4ccccc4)cc3)c3ccccc23)C=C(c2ccccc2N(C2=c3ccccc3=CCC2)c2cccc3ccccc23)C1. The topological polar surface area (TPSA) is 8.17 Å². The predicted octanol–water partition coefficient (Wildman–Crippen LogP) is 11.3. The highest BCUT2D eigenvalue weighted by Gasteiger charge is 2.24. The van der Waals surface area contributed by atoms with E-state index in [-0.39, 0.29) is 0 Å². The fourth-order valence-electron chi connectivity index (χ4n) is 8.29. The highest BCUT2D eigenvalue weighted by Crippen LogP contribution is 2.43. The van der Waals surface area contributed by atoms with Crippen molar-refractivity contribution in [2.75, 3.05) is 4.90 Å². The Kier molecular flexibility index (Phi) is 7.63. The summed E-state index contributed by atoms with van der Waals surface area (Å²) < 4.78 is 2.40. The van der Waals surface area contributed by atoms with Crippen molar-refractivity contribution in [1.82, 2.24) is 4.57 Å². The van der Waals surface area contributed by atoms with Gasteiger partial charge >= 0.3 is 0 Å². The van der Waals surface area contributed by atoms with Gasteiger partial charge in [0.2, 0.25) is 0 Å². The maximum atomic E-state index is 3.63. The van der Waals surface area contributed by atoms with Crippen LogP contribution in [0.5, 0.6) is 0 Å². The van der Waals surface area contributed by atoms with Crippen LogP contribution in [-0.2, 0) is 0 Å². The number of hydrogen-bond acceptors (Lipinski definition) is 1. The summed E-state index contributed by atoms with van der Waals surface area (Å²) in [4.78, 5) is 2.54. The van der Waals surface area contributed by atoms with E-state index in [9.17, 15) is 0 Å². The second kappa shape index (κ2) is 13.1. The lowest BCUT2D eigenvalue weighted by Gasteiger charge is -2.32. The van der Waals surface area contributed by atoms with Gasteiger partial charge in [0.25, 0.3) is 0 Å². The smallest absolute Gasteiger partial charge is 0.0628 e. The van der Waals surface area contributed by atoms with E-state index >= 15 is 0 Å². The standard InChI is InChI=1S/C51H36N2/c1-2-15-36(16-3-1)37-31-33-41(34-32-37)52-50-28-11-9-25-45(50)46-26-12-21-40(35-51(46)52)44-24-8-10-27-47(44)53(48-29-13-19-38-17-4-6-22-42(38)48)49-30-14-20-39-18-5-7-23-43(39)49/h1-11,13,15-20,22-25,27-29,31-35H,14,21,30H2. The molecule has 0 saturated carbocycles. The summed E-state index contributed by atoms with van der Waals surface area (Å²) in [6.07, 6.45) is 7.36. The minimum Gasteiger partial charge on any atom is -0.312 e. The summed E-state index contributed by atoms with van der Waals surface area (Å²) in [6.45, 7) is 0. The third-order valence-corrected chi connectivity index (χ3v) is 10.7. The number of para-hydroxylation sites is 2. The number of allylic oxidation sites excluding steroid dienone is 1. The average molecular weight is 677 g/mol. The van der Waals surface area contributed by atoms with Crippen molar-refractivity contribution in [3.05, 3.63) is 197 Å². The summed E-state index contributed by atoms with van der Waals surface area (Å²) in [5.41, 5.74) is 13.0. The molecular weight excluding hydrogens is 641 g/mol. The predicted molar refractivity (Wildman–Crippen MR) is 223 cm³/mol. The molecular formula is C51H36N2. The fraction of sp³-hybridized carbons (Fsp3) is 0.0588. The van der Waals surface area contributed by atoms with Crippen molar-refractivity contribution in [3.63, 3.8) is 0 Å². The molecule has 0 radical (unpaired) electrons. The minimum absolute atomic E-state index is 0.649. The zero-order chi connectivity index (χ0) is 35.1. The second-order valence-electron chi connectivity index (χ2n) is 13.8. The Balaban J connectivity index is 1.20. The molecule has 2 aliphatic carbocycles. The van der Waals surface area contributed by atoms with E-state index < -0.39 is 0 Å². The Morgan fingerprint density at radius 1 is 0.566 bits per heavy atom. The van der Waals surface area contributed by atoms with Gasteiger partial charge in [-0.2, -0.15) is 0 Å². The van der Waals surface area contributed by atoms with Gasteiger partial charge in [-0.05, 0) is 76.6 Å². The molecule has 7 aromatic carbocycles. The van der Waals surface area contributed by atoms with Crippen LogP contribution in [0, 0.1) is 11.8 Å². The van der Waals surface area contributed by atoms with E-state index in [2.05, 4.69) is 203 Å². The number of anilines is 2. The molecule has 2 nitrogen and oxygen atoms in total. The lowest BCUT2D eigenvalue weighted by molar-refractivity contribution is 1.03. The molecule has 8 aromatic rings. The molecule has 0 N–H and O–H groups in total. The third-order valence-electron chi connectivity index (χ3n) is 10.7. The summed E-state index contributed by atoms with van der Waals surface area (Å²) >= 11 is 0. The molecule has 0 fully saturated rings. The molecule has 0 atom stereocenters. The molecule has 0 amide bonds. The van der Waals surface area contributed by atoms with Crippen LogP contribution in [0.25, 0.3) is 61.9 Å². The molecule has 2 aliphatic rings. The average Bonchev–Trinajstić information content (AvgIpc) is 3.37. The molecule has 1 aromatic heterocycles. The number of rotatable bonds is 6. The Labute approximate surface area is 309 Å². The molecule has 1 heterocycles. The van der Waals surface area contributed by atoms with Crippen LogP contribution in [0.2, 0.25) is 0 Å². The molecule has 10 rings (SSSR count). The largest absolute Gasteiger partial charge is 0.312 e. The van der Waals surface area contributed by atoms with Crippen molar-refractivity contribution < 1.29 is 0 Å². The summed E-state index contributed by atoms with van der Waals surface area (Å²) in [6, 6.07) is 61.4. The number of hydrogen-bond donors (Lipinski definition) is 0. The zero-order valence-corrected chi connectivity index (χ0v) is 29.3. The van der Waals surface area contributed by atoms with Crippen molar-refractivity contribution in [2.24, 2.45) is 0 Å². The summed E-state index contributed by atoms with van der Waals surface area (Å²) in [5.74, 6) is 7.24. The Morgan fingerprint density at radius 3 is 2.17 bits per heavy atom. The second-order valence-corrected chi connectivity index (χ2v) is 13.8. The van der Waals surface area contributed by atoms with E-state index in [1.54, 1.807) is 0 Å². The van der Waals surface area contributed by atoms with Gasteiger partial charge in [-0.15, -0.1) is 0 Å². The first kappa shape index (κ1) is 31.0. The maximum Gasteiger partial charge on any atom is 0.0628 e. The molecule has 250 valence electrons. The summed E-state index contributed by atoms with van der Waals surface area (Å²) in [7, 11) is 0. The molecule has 0 bridgehead atoms. The summed E-state index contributed by atoms with van der Waals surface area (Å²) in [5, 5.41) is 6.23. The van der Waals surface area contributed by atoms with Crippen LogP contribution in [-0.4, -0.2) is 4.57 Å². The number of benzene rings is 7. The zero-order valence-electron chi connectivity index (χ0n) is 29.3. The Bertz CT molecular complexity index is 2910. The molecule has 0 unspecified atom stereocenters. The highest BCUT2D eigenvalue weighted by atomic mass is 15.2. The van der Waals surface area contributed by atoms with Crippen LogP contribution in [0.3, 0.4) is 0 Å². The van der Waals surface area contributed by atoms with Crippen molar-refractivity contribution >= 4 is 56.5 Å². The van der Waals surface area contributed by atoms with E-state index in [0.717, 1.165) is 35.3 Å². The Morgan fingerprint density at radius 2 is 1.26 bits per heavy atom. The normalized spacial score (nSPS) is 13.3. The van der Waals surface area contributed by atoms with Crippen molar-refractivity contribution in [3.8, 4) is 28.7 Å². The lowest BCUT2D eigenvalue weighted by Crippen LogP contribution is -2.35. The number of fused-ring (bicyclic) bond motifs is 5. The minimum atomic E-state index is 0.649. The first-order chi connectivity index (χ1) is 26.3. The van der Waals surface area contributed by atoms with Gasteiger partial charge in [-0.1, -0.05) is 157 Å².